The topological polar surface area (TPSA) is 22.1 Å². The fourth-order valence-electron chi connectivity index (χ4n) is 2.34. The summed E-state index contributed by atoms with van der Waals surface area (Å²) in [7, 11) is 0. The Kier molecular flexibility index (Phi) is 4.33. The number of ether oxygens (including phenoxy) is 1. The van der Waals surface area contributed by atoms with Crippen LogP contribution in [0.1, 0.15) is 6.92 Å². The van der Waals surface area contributed by atoms with Gasteiger partial charge >= 0.3 is 0 Å². The molecule has 3 aromatic rings. The molecule has 0 fully saturated rings. The molecule has 2 aromatic carbocycles. The van der Waals surface area contributed by atoms with E-state index in [9.17, 15) is 8.78 Å². The van der Waals surface area contributed by atoms with E-state index in [1.807, 2.05) is 55.5 Å². The standard InChI is InChI=1S/C19H15F2NO/c1-2-23-17-9-7-14(8-10-17)13-3-5-15(6-4-13)16-11-18(20)19(21)22-12-16/h3-12H,2H2,1H3. The Balaban J connectivity index is 1.85. The van der Waals surface area contributed by atoms with Gasteiger partial charge in [0.2, 0.25) is 5.95 Å². The average Bonchev–Trinajstić information content (AvgIpc) is 2.59. The molecule has 1 aromatic heterocycles. The molecule has 0 bridgehead atoms. The Morgan fingerprint density at radius 2 is 1.35 bits per heavy atom. The predicted octanol–water partition coefficient (Wildman–Crippen LogP) is 5.09. The molecule has 116 valence electrons. The molecule has 0 atom stereocenters. The lowest BCUT2D eigenvalue weighted by Crippen LogP contribution is -1.91. The van der Waals surface area contributed by atoms with E-state index in [4.69, 9.17) is 4.74 Å². The van der Waals surface area contributed by atoms with Gasteiger partial charge in [0.25, 0.3) is 0 Å². The number of aromatic nitrogens is 1. The molecule has 4 heteroatoms. The number of rotatable bonds is 4. The monoisotopic (exact) mass is 311 g/mol. The molecule has 0 spiro atoms. The highest BCUT2D eigenvalue weighted by Gasteiger charge is 2.06. The zero-order valence-electron chi connectivity index (χ0n) is 12.6. The summed E-state index contributed by atoms with van der Waals surface area (Å²) in [5.74, 6) is -1.20. The predicted molar refractivity (Wildman–Crippen MR) is 86.2 cm³/mol. The van der Waals surface area contributed by atoms with Crippen LogP contribution in [-0.2, 0) is 0 Å². The molecule has 0 amide bonds. The van der Waals surface area contributed by atoms with Crippen molar-refractivity contribution in [2.24, 2.45) is 0 Å². The summed E-state index contributed by atoms with van der Waals surface area (Å²) in [5.41, 5.74) is 3.42. The van der Waals surface area contributed by atoms with Crippen molar-refractivity contribution < 1.29 is 13.5 Å². The first kappa shape index (κ1) is 15.2. The normalized spacial score (nSPS) is 10.6. The smallest absolute Gasteiger partial charge is 0.248 e. The molecule has 0 aliphatic heterocycles. The van der Waals surface area contributed by atoms with Crippen LogP contribution >= 0.6 is 0 Å². The molecule has 3 rings (SSSR count). The molecule has 2 nitrogen and oxygen atoms in total. The van der Waals surface area contributed by atoms with Gasteiger partial charge in [0.1, 0.15) is 5.75 Å². The van der Waals surface area contributed by atoms with E-state index in [0.29, 0.717) is 12.2 Å². The van der Waals surface area contributed by atoms with Gasteiger partial charge in [-0.25, -0.2) is 9.37 Å². The second-order valence-electron chi connectivity index (χ2n) is 5.03. The van der Waals surface area contributed by atoms with Gasteiger partial charge in [0.05, 0.1) is 6.61 Å². The minimum atomic E-state index is -1.08. The van der Waals surface area contributed by atoms with Crippen molar-refractivity contribution in [2.45, 2.75) is 6.92 Å². The minimum Gasteiger partial charge on any atom is -0.494 e. The van der Waals surface area contributed by atoms with Crippen molar-refractivity contribution in [2.75, 3.05) is 6.61 Å². The molecule has 0 saturated heterocycles. The number of halogens is 2. The van der Waals surface area contributed by atoms with Gasteiger partial charge in [-0.2, -0.15) is 4.39 Å². The highest BCUT2D eigenvalue weighted by Crippen LogP contribution is 2.26. The summed E-state index contributed by atoms with van der Waals surface area (Å²) in [6.45, 7) is 2.58. The second kappa shape index (κ2) is 6.57. The summed E-state index contributed by atoms with van der Waals surface area (Å²) in [6.07, 6.45) is 1.32. The molecule has 23 heavy (non-hydrogen) atoms. The Labute approximate surface area is 133 Å². The summed E-state index contributed by atoms with van der Waals surface area (Å²) >= 11 is 0. The molecule has 0 radical (unpaired) electrons. The van der Waals surface area contributed by atoms with E-state index in [2.05, 4.69) is 4.98 Å². The van der Waals surface area contributed by atoms with Crippen LogP contribution in [-0.4, -0.2) is 11.6 Å². The van der Waals surface area contributed by atoms with Gasteiger partial charge in [-0.05, 0) is 41.8 Å². The Hall–Kier alpha value is -2.75. The fraction of sp³-hybridized carbons (Fsp3) is 0.105. The molecular weight excluding hydrogens is 296 g/mol. The molecule has 0 aliphatic rings. The third kappa shape index (κ3) is 3.37. The lowest BCUT2D eigenvalue weighted by atomic mass is 10.0. The number of hydrogen-bond donors (Lipinski definition) is 0. The average molecular weight is 311 g/mol. The van der Waals surface area contributed by atoms with Crippen LogP contribution in [0, 0.1) is 11.8 Å². The van der Waals surface area contributed by atoms with Crippen molar-refractivity contribution >= 4 is 0 Å². The summed E-state index contributed by atoms with van der Waals surface area (Å²) in [4.78, 5) is 3.41. The van der Waals surface area contributed by atoms with Gasteiger partial charge in [0.15, 0.2) is 5.82 Å². The van der Waals surface area contributed by atoms with Crippen molar-refractivity contribution in [1.29, 1.82) is 0 Å². The van der Waals surface area contributed by atoms with Gasteiger partial charge in [-0.15, -0.1) is 0 Å². The maximum atomic E-state index is 13.3. The zero-order chi connectivity index (χ0) is 16.2. The lowest BCUT2D eigenvalue weighted by Gasteiger charge is -2.07. The number of hydrogen-bond acceptors (Lipinski definition) is 2. The maximum Gasteiger partial charge on any atom is 0.248 e. The molecule has 0 unspecified atom stereocenters. The fourth-order valence-corrected chi connectivity index (χ4v) is 2.34. The van der Waals surface area contributed by atoms with E-state index in [-0.39, 0.29) is 0 Å². The van der Waals surface area contributed by atoms with E-state index in [0.717, 1.165) is 28.5 Å². The summed E-state index contributed by atoms with van der Waals surface area (Å²) in [6, 6.07) is 16.6. The molecule has 0 N–H and O–H groups in total. The van der Waals surface area contributed by atoms with Crippen molar-refractivity contribution in [3.63, 3.8) is 0 Å². The van der Waals surface area contributed by atoms with Gasteiger partial charge in [-0.1, -0.05) is 36.4 Å². The Morgan fingerprint density at radius 3 is 1.87 bits per heavy atom. The summed E-state index contributed by atoms with van der Waals surface area (Å²) < 4.78 is 31.6. The number of pyridine rings is 1. The van der Waals surface area contributed by atoms with Crippen LogP contribution in [0.2, 0.25) is 0 Å². The van der Waals surface area contributed by atoms with Gasteiger partial charge in [0, 0.05) is 11.8 Å². The van der Waals surface area contributed by atoms with Crippen molar-refractivity contribution in [3.8, 4) is 28.0 Å². The van der Waals surface area contributed by atoms with Crippen LogP contribution in [0.4, 0.5) is 8.78 Å². The molecule has 1 heterocycles. The van der Waals surface area contributed by atoms with Crippen LogP contribution in [0.3, 0.4) is 0 Å². The highest BCUT2D eigenvalue weighted by atomic mass is 19.2. The lowest BCUT2D eigenvalue weighted by molar-refractivity contribution is 0.340. The SMILES string of the molecule is CCOc1ccc(-c2ccc(-c3cnc(F)c(F)c3)cc2)cc1. The van der Waals surface area contributed by atoms with Crippen LogP contribution in [0.25, 0.3) is 22.3 Å². The van der Waals surface area contributed by atoms with E-state index in [1.54, 1.807) is 0 Å². The Morgan fingerprint density at radius 1 is 0.826 bits per heavy atom. The molecule has 0 saturated carbocycles. The molecule has 0 aliphatic carbocycles. The maximum absolute atomic E-state index is 13.3. The van der Waals surface area contributed by atoms with Gasteiger partial charge < -0.3 is 4.74 Å². The largest absolute Gasteiger partial charge is 0.494 e. The third-order valence-corrected chi connectivity index (χ3v) is 3.51. The minimum absolute atomic E-state index is 0.544. The summed E-state index contributed by atoms with van der Waals surface area (Å²) in [5, 5.41) is 0. The third-order valence-electron chi connectivity index (χ3n) is 3.51. The van der Waals surface area contributed by atoms with Crippen molar-refractivity contribution in [1.82, 2.24) is 4.98 Å². The highest BCUT2D eigenvalue weighted by molar-refractivity contribution is 5.70. The number of benzene rings is 2. The van der Waals surface area contributed by atoms with E-state index < -0.39 is 11.8 Å². The Bertz CT molecular complexity index is 799. The quantitative estimate of drug-likeness (QED) is 0.626. The van der Waals surface area contributed by atoms with Gasteiger partial charge in [-0.3, -0.25) is 0 Å². The van der Waals surface area contributed by atoms with Crippen LogP contribution < -0.4 is 4.74 Å². The first-order valence-electron chi connectivity index (χ1n) is 7.32. The van der Waals surface area contributed by atoms with Crippen molar-refractivity contribution in [3.05, 3.63) is 72.6 Å². The van der Waals surface area contributed by atoms with E-state index in [1.165, 1.54) is 6.20 Å². The zero-order valence-corrected chi connectivity index (χ0v) is 12.6. The van der Waals surface area contributed by atoms with Crippen LogP contribution in [0.15, 0.2) is 60.8 Å². The van der Waals surface area contributed by atoms with E-state index >= 15 is 0 Å². The van der Waals surface area contributed by atoms with Crippen LogP contribution in [0.5, 0.6) is 5.75 Å². The second-order valence-corrected chi connectivity index (χ2v) is 5.03. The first-order valence-corrected chi connectivity index (χ1v) is 7.32. The number of nitrogens with zero attached hydrogens (tertiary/aromatic N) is 1. The first-order chi connectivity index (χ1) is 11.2. The molecular formula is C19H15F2NO.